The summed E-state index contributed by atoms with van der Waals surface area (Å²) in [6.07, 6.45) is 2.78. The summed E-state index contributed by atoms with van der Waals surface area (Å²) in [7, 11) is -1.03. The summed E-state index contributed by atoms with van der Waals surface area (Å²) in [4.78, 5) is 28.3. The number of aromatic nitrogens is 1. The van der Waals surface area contributed by atoms with Gasteiger partial charge in [0, 0.05) is 57.4 Å². The molecule has 2 aromatic carbocycles. The van der Waals surface area contributed by atoms with Gasteiger partial charge in [-0.05, 0) is 24.3 Å². The third-order valence-electron chi connectivity index (χ3n) is 6.15. The molecule has 0 bridgehead atoms. The summed E-state index contributed by atoms with van der Waals surface area (Å²) < 4.78 is 47.7. The van der Waals surface area contributed by atoms with Crippen molar-refractivity contribution in [2.75, 3.05) is 53.5 Å². The predicted molar refractivity (Wildman–Crippen MR) is 142 cm³/mol. The van der Waals surface area contributed by atoms with Gasteiger partial charge in [-0.3, -0.25) is 14.5 Å². The van der Waals surface area contributed by atoms with E-state index < -0.39 is 27.8 Å². The van der Waals surface area contributed by atoms with Crippen molar-refractivity contribution in [1.29, 1.82) is 0 Å². The maximum Gasteiger partial charge on any atom is 0.307 e. The van der Waals surface area contributed by atoms with Crippen LogP contribution in [0.5, 0.6) is 0 Å². The molecule has 0 radical (unpaired) electrons. The van der Waals surface area contributed by atoms with Gasteiger partial charge in [-0.15, -0.1) is 0 Å². The van der Waals surface area contributed by atoms with E-state index in [1.807, 2.05) is 0 Å². The molecule has 1 fully saturated rings. The molecule has 2 heterocycles. The molecule has 38 heavy (non-hydrogen) atoms. The minimum absolute atomic E-state index is 0.148. The molecule has 12 heteroatoms. The summed E-state index contributed by atoms with van der Waals surface area (Å²) in [6, 6.07) is 12.3. The SMILES string of the molecule is CN(C)S(=O)(=O)n1cc(/C=C(\NC(=O)c2ccccc2F)C(=O)NCCN2CCOCC2)c2ccccc21. The van der Waals surface area contributed by atoms with Gasteiger partial charge in [0.15, 0.2) is 0 Å². The lowest BCUT2D eigenvalue weighted by Crippen LogP contribution is -2.42. The first kappa shape index (κ1) is 27.5. The van der Waals surface area contributed by atoms with E-state index in [4.69, 9.17) is 4.74 Å². The fraction of sp³-hybridized carbons (Fsp3) is 0.308. The van der Waals surface area contributed by atoms with Gasteiger partial charge < -0.3 is 15.4 Å². The first-order valence-electron chi connectivity index (χ1n) is 12.1. The van der Waals surface area contributed by atoms with Gasteiger partial charge in [0.25, 0.3) is 11.8 Å². The second-order valence-corrected chi connectivity index (χ2v) is 10.9. The van der Waals surface area contributed by atoms with Crippen LogP contribution in [0.2, 0.25) is 0 Å². The summed E-state index contributed by atoms with van der Waals surface area (Å²) in [6.45, 7) is 3.65. The Kier molecular flexibility index (Phi) is 8.57. The van der Waals surface area contributed by atoms with E-state index in [0.29, 0.717) is 42.8 Å². The first-order chi connectivity index (χ1) is 18.2. The highest BCUT2D eigenvalue weighted by Gasteiger charge is 2.22. The molecule has 0 atom stereocenters. The molecule has 0 unspecified atom stereocenters. The maximum atomic E-state index is 14.3. The molecular formula is C26H30FN5O5S. The van der Waals surface area contributed by atoms with Crippen molar-refractivity contribution in [1.82, 2.24) is 23.8 Å². The molecule has 3 aromatic rings. The number of fused-ring (bicyclic) bond motifs is 1. The van der Waals surface area contributed by atoms with Crippen molar-refractivity contribution in [2.24, 2.45) is 0 Å². The Morgan fingerprint density at radius 1 is 1.08 bits per heavy atom. The summed E-state index contributed by atoms with van der Waals surface area (Å²) >= 11 is 0. The number of hydrogen-bond acceptors (Lipinski definition) is 6. The predicted octanol–water partition coefficient (Wildman–Crippen LogP) is 1.65. The average Bonchev–Trinajstić information content (AvgIpc) is 3.28. The van der Waals surface area contributed by atoms with E-state index in [1.54, 1.807) is 24.3 Å². The molecule has 0 saturated carbocycles. The van der Waals surface area contributed by atoms with E-state index in [2.05, 4.69) is 15.5 Å². The Morgan fingerprint density at radius 3 is 2.47 bits per heavy atom. The van der Waals surface area contributed by atoms with E-state index in [0.717, 1.165) is 27.4 Å². The third-order valence-corrected chi connectivity index (χ3v) is 7.87. The van der Waals surface area contributed by atoms with Crippen LogP contribution >= 0.6 is 0 Å². The number of para-hydroxylation sites is 1. The second-order valence-electron chi connectivity index (χ2n) is 8.89. The van der Waals surface area contributed by atoms with Gasteiger partial charge in [0.1, 0.15) is 11.5 Å². The molecule has 1 aromatic heterocycles. The van der Waals surface area contributed by atoms with E-state index in [1.165, 1.54) is 44.6 Å². The number of carbonyl (C=O) groups excluding carboxylic acids is 2. The van der Waals surface area contributed by atoms with Crippen molar-refractivity contribution >= 4 is 39.0 Å². The third kappa shape index (κ3) is 6.10. The molecule has 2 N–H and O–H groups in total. The zero-order valence-corrected chi connectivity index (χ0v) is 22.0. The van der Waals surface area contributed by atoms with Gasteiger partial charge >= 0.3 is 10.2 Å². The minimum atomic E-state index is -3.87. The monoisotopic (exact) mass is 543 g/mol. The quantitative estimate of drug-likeness (QED) is 0.397. The van der Waals surface area contributed by atoms with Gasteiger partial charge in [-0.2, -0.15) is 12.7 Å². The summed E-state index contributed by atoms with van der Waals surface area (Å²) in [5.74, 6) is -2.12. The fourth-order valence-electron chi connectivity index (χ4n) is 4.05. The van der Waals surface area contributed by atoms with Gasteiger partial charge in [0.2, 0.25) is 0 Å². The molecule has 0 spiro atoms. The topological polar surface area (TPSA) is 113 Å². The minimum Gasteiger partial charge on any atom is -0.379 e. The van der Waals surface area contributed by atoms with E-state index >= 15 is 0 Å². The van der Waals surface area contributed by atoms with Gasteiger partial charge in [-0.25, -0.2) is 8.36 Å². The van der Waals surface area contributed by atoms with Crippen molar-refractivity contribution < 1.29 is 27.1 Å². The Morgan fingerprint density at radius 2 is 1.76 bits per heavy atom. The highest BCUT2D eigenvalue weighted by atomic mass is 32.2. The van der Waals surface area contributed by atoms with Gasteiger partial charge in [0.05, 0.1) is 24.3 Å². The smallest absolute Gasteiger partial charge is 0.307 e. The van der Waals surface area contributed by atoms with Crippen LogP contribution in [0.3, 0.4) is 0 Å². The highest BCUT2D eigenvalue weighted by Crippen LogP contribution is 2.25. The van der Waals surface area contributed by atoms with Crippen LogP contribution in [0.25, 0.3) is 17.0 Å². The number of benzene rings is 2. The molecule has 1 aliphatic heterocycles. The zero-order chi connectivity index (χ0) is 27.3. The standard InChI is InChI=1S/C26H30FN5O5S/c1-30(2)38(35,36)32-18-19(20-7-4-6-10-24(20)32)17-23(29-25(33)21-8-3-5-9-22(21)27)26(34)28-11-12-31-13-15-37-16-14-31/h3-10,17-18H,11-16H2,1-2H3,(H,28,34)(H,29,33)/b23-17-. The second kappa shape index (κ2) is 11.9. The number of ether oxygens (including phenoxy) is 1. The number of carbonyl (C=O) groups is 2. The highest BCUT2D eigenvalue weighted by molar-refractivity contribution is 7.87. The van der Waals surface area contributed by atoms with Crippen LogP contribution in [-0.2, 0) is 19.7 Å². The summed E-state index contributed by atoms with van der Waals surface area (Å²) in [5.41, 5.74) is 0.417. The number of halogens is 1. The molecule has 2 amide bonds. The lowest BCUT2D eigenvalue weighted by molar-refractivity contribution is -0.117. The molecular weight excluding hydrogens is 513 g/mol. The number of rotatable bonds is 9. The lowest BCUT2D eigenvalue weighted by atomic mass is 10.1. The summed E-state index contributed by atoms with van der Waals surface area (Å²) in [5, 5.41) is 5.86. The van der Waals surface area contributed by atoms with Crippen molar-refractivity contribution in [3.05, 3.63) is 77.4 Å². The van der Waals surface area contributed by atoms with Crippen molar-refractivity contribution in [3.8, 4) is 0 Å². The number of nitrogens with zero attached hydrogens (tertiary/aromatic N) is 3. The molecule has 202 valence electrons. The van der Waals surface area contributed by atoms with E-state index in [-0.39, 0.29) is 11.3 Å². The normalized spacial score (nSPS) is 15.1. The molecule has 0 aliphatic carbocycles. The largest absolute Gasteiger partial charge is 0.379 e. The van der Waals surface area contributed by atoms with Crippen LogP contribution in [0.4, 0.5) is 4.39 Å². The maximum absolute atomic E-state index is 14.3. The molecule has 1 saturated heterocycles. The average molecular weight is 544 g/mol. The van der Waals surface area contributed by atoms with Crippen LogP contribution in [0.1, 0.15) is 15.9 Å². The Bertz CT molecular complexity index is 1460. The Balaban J connectivity index is 1.68. The van der Waals surface area contributed by atoms with Gasteiger partial charge in [-0.1, -0.05) is 30.3 Å². The molecule has 10 nitrogen and oxygen atoms in total. The Labute approximate surface area is 220 Å². The first-order valence-corrected chi connectivity index (χ1v) is 13.5. The molecule has 1 aliphatic rings. The lowest BCUT2D eigenvalue weighted by Gasteiger charge is -2.26. The van der Waals surface area contributed by atoms with Crippen LogP contribution < -0.4 is 10.6 Å². The number of nitrogens with one attached hydrogen (secondary N) is 2. The van der Waals surface area contributed by atoms with Crippen LogP contribution in [-0.4, -0.2) is 86.9 Å². The fourth-order valence-corrected chi connectivity index (χ4v) is 5.06. The molecule has 4 rings (SSSR count). The zero-order valence-electron chi connectivity index (χ0n) is 21.2. The number of hydrogen-bond donors (Lipinski definition) is 2. The van der Waals surface area contributed by atoms with Crippen LogP contribution in [0, 0.1) is 5.82 Å². The van der Waals surface area contributed by atoms with E-state index in [9.17, 15) is 22.4 Å². The van der Waals surface area contributed by atoms with Crippen molar-refractivity contribution in [2.45, 2.75) is 0 Å². The number of amides is 2. The Hall–Kier alpha value is -3.58. The number of morpholine rings is 1. The van der Waals surface area contributed by atoms with Crippen molar-refractivity contribution in [3.63, 3.8) is 0 Å². The van der Waals surface area contributed by atoms with Crippen LogP contribution in [0.15, 0.2) is 60.4 Å².